The molecule has 0 unspecified atom stereocenters. The van der Waals surface area contributed by atoms with Crippen LogP contribution in [0.3, 0.4) is 0 Å². The maximum Gasteiger partial charge on any atom is 0.133 e. The lowest BCUT2D eigenvalue weighted by molar-refractivity contribution is 0.473. The molecule has 3 aromatic carbocycles. The van der Waals surface area contributed by atoms with Crippen LogP contribution in [0.25, 0.3) is 0 Å². The topological polar surface area (TPSA) is 45.0 Å². The molecule has 3 nitrogen and oxygen atoms in total. The second-order valence-electron chi connectivity index (χ2n) is 4.97. The van der Waals surface area contributed by atoms with Crippen LogP contribution in [0.15, 0.2) is 88.8 Å². The van der Waals surface area contributed by atoms with Crippen LogP contribution in [0, 0.1) is 0 Å². The van der Waals surface area contributed by atoms with Gasteiger partial charge in [-0.25, -0.2) is 0 Å². The predicted octanol–water partition coefficient (Wildman–Crippen LogP) is 4.89. The summed E-state index contributed by atoms with van der Waals surface area (Å²) in [6.45, 7) is 0. The van der Waals surface area contributed by atoms with Gasteiger partial charge in [0.15, 0.2) is 0 Å². The van der Waals surface area contributed by atoms with E-state index in [9.17, 15) is 5.11 Å². The Labute approximate surface area is 135 Å². The van der Waals surface area contributed by atoms with Crippen molar-refractivity contribution in [2.75, 3.05) is 0 Å². The number of hydrogen-bond acceptors (Lipinski definition) is 3. The van der Waals surface area contributed by atoms with Crippen LogP contribution in [0.5, 0.6) is 5.75 Å². The predicted molar refractivity (Wildman–Crippen MR) is 95.5 cm³/mol. The fourth-order valence-corrected chi connectivity index (χ4v) is 2.10. The van der Waals surface area contributed by atoms with Crippen LogP contribution in [0.1, 0.15) is 11.1 Å². The van der Waals surface area contributed by atoms with Crippen molar-refractivity contribution in [2.45, 2.75) is 0 Å². The van der Waals surface area contributed by atoms with E-state index in [0.29, 0.717) is 11.1 Å². The lowest BCUT2D eigenvalue weighted by atomic mass is 10.1. The second kappa shape index (κ2) is 7.18. The Morgan fingerprint density at radius 3 is 1.43 bits per heavy atom. The average Bonchev–Trinajstić information content (AvgIpc) is 2.61. The molecule has 0 heterocycles. The molecule has 3 heteroatoms. The van der Waals surface area contributed by atoms with Gasteiger partial charge in [0.1, 0.15) is 5.75 Å². The Kier molecular flexibility index (Phi) is 4.60. The summed E-state index contributed by atoms with van der Waals surface area (Å²) < 4.78 is 0. The first-order valence-corrected chi connectivity index (χ1v) is 7.33. The van der Waals surface area contributed by atoms with Gasteiger partial charge < -0.3 is 5.11 Å². The first kappa shape index (κ1) is 14.7. The van der Waals surface area contributed by atoms with Gasteiger partial charge in [-0.05, 0) is 36.4 Å². The molecule has 0 aliphatic rings. The number of hydrogen-bond donors (Lipinski definition) is 1. The fraction of sp³-hybridized carbons (Fsp3) is 0. The minimum atomic E-state index is 0.173. The molecule has 0 saturated carbocycles. The average molecular weight is 300 g/mol. The number of rotatable bonds is 4. The molecule has 112 valence electrons. The van der Waals surface area contributed by atoms with Gasteiger partial charge in [0.2, 0.25) is 0 Å². The minimum absolute atomic E-state index is 0.173. The molecule has 0 radical (unpaired) electrons. The maximum atomic E-state index is 10.4. The Bertz CT molecular complexity index is 757. The quantitative estimate of drug-likeness (QED) is 0.685. The zero-order valence-electron chi connectivity index (χ0n) is 12.5. The van der Waals surface area contributed by atoms with Gasteiger partial charge >= 0.3 is 0 Å². The number of aromatic hydroxyl groups is 1. The smallest absolute Gasteiger partial charge is 0.133 e. The Balaban J connectivity index is 1.84. The molecule has 1 N–H and O–H groups in total. The molecule has 0 fully saturated rings. The molecule has 0 aliphatic carbocycles. The molecule has 0 saturated heterocycles. The molecule has 0 aromatic heterocycles. The highest BCUT2D eigenvalue weighted by Gasteiger charge is 2.03. The van der Waals surface area contributed by atoms with Crippen LogP contribution < -0.4 is 0 Å². The van der Waals surface area contributed by atoms with E-state index in [0.717, 1.165) is 11.4 Å². The zero-order valence-corrected chi connectivity index (χ0v) is 12.5. The number of aliphatic imine (C=N–C) groups is 2. The van der Waals surface area contributed by atoms with E-state index in [-0.39, 0.29) is 5.75 Å². The summed E-state index contributed by atoms with van der Waals surface area (Å²) in [5, 5.41) is 10.4. The summed E-state index contributed by atoms with van der Waals surface area (Å²) in [6, 6.07) is 24.7. The van der Waals surface area contributed by atoms with E-state index in [1.165, 1.54) is 0 Å². The molecule has 0 aliphatic heterocycles. The third-order valence-corrected chi connectivity index (χ3v) is 3.32. The minimum Gasteiger partial charge on any atom is -0.507 e. The maximum absolute atomic E-state index is 10.4. The van der Waals surface area contributed by atoms with Gasteiger partial charge in [-0.3, -0.25) is 9.98 Å². The summed E-state index contributed by atoms with van der Waals surface area (Å²) in [7, 11) is 0. The van der Waals surface area contributed by atoms with Crippen molar-refractivity contribution in [3.8, 4) is 5.75 Å². The van der Waals surface area contributed by atoms with Crippen LogP contribution in [0.2, 0.25) is 0 Å². The van der Waals surface area contributed by atoms with E-state index in [4.69, 9.17) is 0 Å². The van der Waals surface area contributed by atoms with Crippen molar-refractivity contribution in [2.24, 2.45) is 9.98 Å². The van der Waals surface area contributed by atoms with E-state index in [1.807, 2.05) is 78.9 Å². The Morgan fingerprint density at radius 1 is 0.565 bits per heavy atom. The Morgan fingerprint density at radius 2 is 1.00 bits per heavy atom. The van der Waals surface area contributed by atoms with Gasteiger partial charge in [-0.1, -0.05) is 42.5 Å². The molecule has 0 amide bonds. The molecular formula is C20H16N2O. The van der Waals surface area contributed by atoms with Crippen molar-refractivity contribution in [1.29, 1.82) is 0 Å². The number of para-hydroxylation sites is 3. The van der Waals surface area contributed by atoms with Gasteiger partial charge in [0.25, 0.3) is 0 Å². The van der Waals surface area contributed by atoms with Crippen molar-refractivity contribution in [3.05, 3.63) is 90.0 Å². The summed E-state index contributed by atoms with van der Waals surface area (Å²) in [4.78, 5) is 8.73. The van der Waals surface area contributed by atoms with E-state index < -0.39 is 0 Å². The molecule has 0 bridgehead atoms. The first-order chi connectivity index (χ1) is 11.3. The molecule has 0 atom stereocenters. The molecule has 3 aromatic rings. The van der Waals surface area contributed by atoms with E-state index >= 15 is 0 Å². The number of nitrogens with zero attached hydrogens (tertiary/aromatic N) is 2. The van der Waals surface area contributed by atoms with Gasteiger partial charge in [0.05, 0.1) is 11.4 Å². The van der Waals surface area contributed by atoms with Gasteiger partial charge in [0, 0.05) is 23.6 Å². The van der Waals surface area contributed by atoms with Crippen molar-refractivity contribution in [1.82, 2.24) is 0 Å². The molecule has 23 heavy (non-hydrogen) atoms. The van der Waals surface area contributed by atoms with Crippen molar-refractivity contribution >= 4 is 23.8 Å². The second-order valence-corrected chi connectivity index (χ2v) is 4.97. The van der Waals surface area contributed by atoms with Crippen LogP contribution in [0.4, 0.5) is 11.4 Å². The summed E-state index contributed by atoms with van der Waals surface area (Å²) in [6.07, 6.45) is 3.31. The third kappa shape index (κ3) is 3.92. The largest absolute Gasteiger partial charge is 0.507 e. The highest BCUT2D eigenvalue weighted by atomic mass is 16.3. The molecular weight excluding hydrogens is 284 g/mol. The summed E-state index contributed by atoms with van der Waals surface area (Å²) >= 11 is 0. The normalized spacial score (nSPS) is 11.3. The number of phenols is 1. The van der Waals surface area contributed by atoms with Crippen LogP contribution in [-0.4, -0.2) is 17.5 Å². The van der Waals surface area contributed by atoms with Crippen molar-refractivity contribution < 1.29 is 5.11 Å². The van der Waals surface area contributed by atoms with Crippen LogP contribution >= 0.6 is 0 Å². The summed E-state index contributed by atoms with van der Waals surface area (Å²) in [5.74, 6) is 0.173. The van der Waals surface area contributed by atoms with Crippen molar-refractivity contribution in [3.63, 3.8) is 0 Å². The fourth-order valence-electron chi connectivity index (χ4n) is 2.10. The zero-order chi connectivity index (χ0) is 15.9. The van der Waals surface area contributed by atoms with Gasteiger partial charge in [-0.2, -0.15) is 0 Å². The standard InChI is InChI=1S/C20H16N2O/c23-20-16(14-21-18-10-3-1-4-11-18)8-7-9-17(20)15-22-19-12-5-2-6-13-19/h1-15,23H. The third-order valence-electron chi connectivity index (χ3n) is 3.32. The Hall–Kier alpha value is -3.20. The highest BCUT2D eigenvalue weighted by Crippen LogP contribution is 2.21. The number of benzene rings is 3. The summed E-state index contributed by atoms with van der Waals surface area (Å²) in [5.41, 5.74) is 3.00. The molecule has 3 rings (SSSR count). The first-order valence-electron chi connectivity index (χ1n) is 7.33. The monoisotopic (exact) mass is 300 g/mol. The van der Waals surface area contributed by atoms with E-state index in [2.05, 4.69) is 9.98 Å². The van der Waals surface area contributed by atoms with Gasteiger partial charge in [-0.15, -0.1) is 0 Å². The van der Waals surface area contributed by atoms with E-state index in [1.54, 1.807) is 12.4 Å². The SMILES string of the molecule is Oc1c(C=Nc2ccccc2)cccc1C=Nc1ccccc1. The highest BCUT2D eigenvalue weighted by molar-refractivity contribution is 5.93. The lowest BCUT2D eigenvalue weighted by Gasteiger charge is -2.02. The number of phenolic OH excluding ortho intramolecular Hbond substituents is 1. The molecule has 0 spiro atoms. The lowest BCUT2D eigenvalue weighted by Crippen LogP contribution is -1.88. The van der Waals surface area contributed by atoms with Crippen LogP contribution in [-0.2, 0) is 0 Å².